The van der Waals surface area contributed by atoms with E-state index in [2.05, 4.69) is 25.8 Å². The van der Waals surface area contributed by atoms with E-state index in [0.29, 0.717) is 17.1 Å². The van der Waals surface area contributed by atoms with Crippen LogP contribution < -0.4 is 10.6 Å². The maximum atomic E-state index is 11.8. The van der Waals surface area contributed by atoms with Crippen LogP contribution in [0.5, 0.6) is 0 Å². The summed E-state index contributed by atoms with van der Waals surface area (Å²) in [5, 5.41) is 21.4. The minimum absolute atomic E-state index is 0.0951. The fraction of sp³-hybridized carbons (Fsp3) is 0.154. The van der Waals surface area contributed by atoms with Gasteiger partial charge in [-0.25, -0.2) is 14.6 Å². The number of aromatic nitrogens is 3. The minimum atomic E-state index is -1.03. The number of carboxylic acids is 1. The van der Waals surface area contributed by atoms with Crippen molar-refractivity contribution in [1.82, 2.24) is 15.2 Å². The molecular weight excluding hydrogens is 274 g/mol. The monoisotopic (exact) mass is 287 g/mol. The number of carbonyl (C=O) groups excluding carboxylic acids is 1. The molecule has 1 aromatic heterocycles. The second kappa shape index (κ2) is 5.95. The molecule has 0 fully saturated rings. The standard InChI is InChI=1S/C13H13N5O3/c1-7-8(2)17-18-12(14-7)16-13(21)15-10-5-3-9(4-6-10)11(19)20/h3-6H,1-2H3,(H,19,20)(H2,14,15,16,18,21). The summed E-state index contributed by atoms with van der Waals surface area (Å²) in [5.41, 5.74) is 1.95. The van der Waals surface area contributed by atoms with Gasteiger partial charge in [0.05, 0.1) is 17.0 Å². The molecule has 0 aliphatic heterocycles. The van der Waals surface area contributed by atoms with Crippen LogP contribution in [0.1, 0.15) is 21.7 Å². The highest BCUT2D eigenvalue weighted by molar-refractivity contribution is 5.99. The van der Waals surface area contributed by atoms with Crippen molar-refractivity contribution in [3.8, 4) is 0 Å². The van der Waals surface area contributed by atoms with Crippen molar-refractivity contribution >= 4 is 23.6 Å². The van der Waals surface area contributed by atoms with Gasteiger partial charge in [0, 0.05) is 5.69 Å². The summed E-state index contributed by atoms with van der Waals surface area (Å²) in [5.74, 6) is -0.932. The summed E-state index contributed by atoms with van der Waals surface area (Å²) in [6.45, 7) is 3.53. The first-order valence-corrected chi connectivity index (χ1v) is 6.05. The molecule has 2 amide bonds. The first-order valence-electron chi connectivity index (χ1n) is 6.05. The van der Waals surface area contributed by atoms with Crippen LogP contribution in [0.4, 0.5) is 16.4 Å². The highest BCUT2D eigenvalue weighted by Crippen LogP contribution is 2.10. The third kappa shape index (κ3) is 3.72. The lowest BCUT2D eigenvalue weighted by atomic mass is 10.2. The van der Waals surface area contributed by atoms with Crippen molar-refractivity contribution in [2.24, 2.45) is 0 Å². The Balaban J connectivity index is 2.01. The van der Waals surface area contributed by atoms with Crippen LogP contribution in [0.15, 0.2) is 24.3 Å². The molecule has 1 heterocycles. The van der Waals surface area contributed by atoms with Crippen LogP contribution in [-0.4, -0.2) is 32.3 Å². The Bertz CT molecular complexity index is 685. The zero-order chi connectivity index (χ0) is 15.4. The SMILES string of the molecule is Cc1nnc(NC(=O)Nc2ccc(C(=O)O)cc2)nc1C. The number of amides is 2. The molecule has 3 N–H and O–H groups in total. The Kier molecular flexibility index (Phi) is 4.07. The van der Waals surface area contributed by atoms with E-state index in [1.54, 1.807) is 13.8 Å². The largest absolute Gasteiger partial charge is 0.478 e. The average molecular weight is 287 g/mol. The molecule has 0 atom stereocenters. The number of hydrogen-bond acceptors (Lipinski definition) is 5. The molecule has 2 rings (SSSR count). The molecule has 8 heteroatoms. The quantitative estimate of drug-likeness (QED) is 0.792. The van der Waals surface area contributed by atoms with E-state index in [-0.39, 0.29) is 11.5 Å². The highest BCUT2D eigenvalue weighted by atomic mass is 16.4. The highest BCUT2D eigenvalue weighted by Gasteiger charge is 2.08. The predicted octanol–water partition coefficient (Wildman–Crippen LogP) is 1.83. The Labute approximate surface area is 120 Å². The molecule has 0 saturated carbocycles. The summed E-state index contributed by atoms with van der Waals surface area (Å²) >= 11 is 0. The van der Waals surface area contributed by atoms with Gasteiger partial charge in [-0.15, -0.1) is 5.10 Å². The third-order valence-electron chi connectivity index (χ3n) is 2.71. The summed E-state index contributed by atoms with van der Waals surface area (Å²) in [7, 11) is 0. The number of anilines is 2. The smallest absolute Gasteiger partial charge is 0.335 e. The molecular formula is C13H13N5O3. The summed E-state index contributed by atoms with van der Waals surface area (Å²) in [6.07, 6.45) is 0. The molecule has 8 nitrogen and oxygen atoms in total. The van der Waals surface area contributed by atoms with E-state index < -0.39 is 12.0 Å². The number of urea groups is 1. The van der Waals surface area contributed by atoms with E-state index in [4.69, 9.17) is 5.11 Å². The van der Waals surface area contributed by atoms with Crippen LogP contribution in [0.3, 0.4) is 0 Å². The van der Waals surface area contributed by atoms with Gasteiger partial charge in [0.1, 0.15) is 0 Å². The van der Waals surface area contributed by atoms with E-state index in [1.807, 2.05) is 0 Å². The second-order valence-corrected chi connectivity index (χ2v) is 4.27. The summed E-state index contributed by atoms with van der Waals surface area (Å²) in [6, 6.07) is 5.23. The van der Waals surface area contributed by atoms with Crippen molar-refractivity contribution in [3.63, 3.8) is 0 Å². The van der Waals surface area contributed by atoms with Crippen molar-refractivity contribution in [1.29, 1.82) is 0 Å². The van der Waals surface area contributed by atoms with Gasteiger partial charge >= 0.3 is 12.0 Å². The maximum Gasteiger partial charge on any atom is 0.335 e. The lowest BCUT2D eigenvalue weighted by Gasteiger charge is -2.07. The molecule has 21 heavy (non-hydrogen) atoms. The first kappa shape index (κ1) is 14.4. The van der Waals surface area contributed by atoms with Crippen LogP contribution in [0.2, 0.25) is 0 Å². The maximum absolute atomic E-state index is 11.8. The van der Waals surface area contributed by atoms with Crippen LogP contribution in [-0.2, 0) is 0 Å². The second-order valence-electron chi connectivity index (χ2n) is 4.27. The van der Waals surface area contributed by atoms with E-state index in [1.165, 1.54) is 24.3 Å². The normalized spacial score (nSPS) is 10.0. The number of nitrogens with zero attached hydrogens (tertiary/aromatic N) is 3. The van der Waals surface area contributed by atoms with Crippen LogP contribution in [0.25, 0.3) is 0 Å². The zero-order valence-electron chi connectivity index (χ0n) is 11.4. The number of nitrogens with one attached hydrogen (secondary N) is 2. The van der Waals surface area contributed by atoms with Gasteiger partial charge in [0.2, 0.25) is 0 Å². The van der Waals surface area contributed by atoms with Crippen molar-refractivity contribution in [2.45, 2.75) is 13.8 Å². The van der Waals surface area contributed by atoms with E-state index >= 15 is 0 Å². The Morgan fingerprint density at radius 2 is 1.67 bits per heavy atom. The molecule has 1 aromatic carbocycles. The molecule has 108 valence electrons. The number of carbonyl (C=O) groups is 2. The average Bonchev–Trinajstić information content (AvgIpc) is 2.43. The van der Waals surface area contributed by atoms with Gasteiger partial charge in [-0.2, -0.15) is 5.10 Å². The third-order valence-corrected chi connectivity index (χ3v) is 2.71. The number of benzene rings is 1. The lowest BCUT2D eigenvalue weighted by molar-refractivity contribution is 0.0697. The fourth-order valence-electron chi connectivity index (χ4n) is 1.47. The number of aromatic carboxylic acids is 1. The van der Waals surface area contributed by atoms with Gasteiger partial charge in [-0.3, -0.25) is 5.32 Å². The van der Waals surface area contributed by atoms with Crippen molar-refractivity contribution < 1.29 is 14.7 Å². The van der Waals surface area contributed by atoms with E-state index in [0.717, 1.165) is 0 Å². The van der Waals surface area contributed by atoms with Gasteiger partial charge in [0.15, 0.2) is 0 Å². The fourth-order valence-corrected chi connectivity index (χ4v) is 1.47. The number of rotatable bonds is 3. The predicted molar refractivity (Wildman–Crippen MR) is 75.3 cm³/mol. The van der Waals surface area contributed by atoms with E-state index in [9.17, 15) is 9.59 Å². The molecule has 0 aliphatic rings. The van der Waals surface area contributed by atoms with Gasteiger partial charge in [-0.1, -0.05) is 0 Å². The van der Waals surface area contributed by atoms with Gasteiger partial charge in [0.25, 0.3) is 5.95 Å². The molecule has 0 radical (unpaired) electrons. The summed E-state index contributed by atoms with van der Waals surface area (Å²) in [4.78, 5) is 26.5. The Morgan fingerprint density at radius 1 is 1.00 bits per heavy atom. The van der Waals surface area contributed by atoms with Crippen LogP contribution >= 0.6 is 0 Å². The minimum Gasteiger partial charge on any atom is -0.478 e. The Hall–Kier alpha value is -3.03. The van der Waals surface area contributed by atoms with Crippen molar-refractivity contribution in [3.05, 3.63) is 41.2 Å². The Morgan fingerprint density at radius 3 is 2.24 bits per heavy atom. The number of hydrogen-bond donors (Lipinski definition) is 3. The van der Waals surface area contributed by atoms with Crippen molar-refractivity contribution in [2.75, 3.05) is 10.6 Å². The molecule has 0 saturated heterocycles. The van der Waals surface area contributed by atoms with Crippen LogP contribution in [0, 0.1) is 13.8 Å². The number of carboxylic acid groups (broad SMARTS) is 1. The first-order chi connectivity index (χ1) is 9.95. The lowest BCUT2D eigenvalue weighted by Crippen LogP contribution is -2.21. The molecule has 2 aromatic rings. The van der Waals surface area contributed by atoms with Gasteiger partial charge < -0.3 is 10.4 Å². The number of aryl methyl sites for hydroxylation is 2. The summed E-state index contributed by atoms with van der Waals surface area (Å²) < 4.78 is 0. The molecule has 0 unspecified atom stereocenters. The molecule has 0 spiro atoms. The van der Waals surface area contributed by atoms with Gasteiger partial charge in [-0.05, 0) is 38.1 Å². The topological polar surface area (TPSA) is 117 Å². The molecule has 0 bridgehead atoms. The molecule has 0 aliphatic carbocycles. The zero-order valence-corrected chi connectivity index (χ0v) is 11.4.